The summed E-state index contributed by atoms with van der Waals surface area (Å²) in [4.78, 5) is 31.9. The number of thiazole rings is 1. The monoisotopic (exact) mass is 433 g/mol. The van der Waals surface area contributed by atoms with Gasteiger partial charge in [0.05, 0.1) is 33.4 Å². The first kappa shape index (κ1) is 20.0. The number of nitrogens with zero attached hydrogens (tertiary/aromatic N) is 1. The van der Waals surface area contributed by atoms with Gasteiger partial charge in [-0.05, 0) is 43.3 Å². The second-order valence-corrected chi connectivity index (χ2v) is 8.80. The number of carbonyl (C=O) groups excluding carboxylic acids is 2. The number of para-hydroxylation sites is 1. The molecular weight excluding hydrogens is 414 g/mol. The lowest BCUT2D eigenvalue weighted by molar-refractivity contribution is 0.0952. The highest BCUT2D eigenvalue weighted by Crippen LogP contribution is 2.29. The van der Waals surface area contributed by atoms with Crippen molar-refractivity contribution in [3.8, 4) is 10.6 Å². The van der Waals surface area contributed by atoms with Gasteiger partial charge in [0.15, 0.2) is 0 Å². The van der Waals surface area contributed by atoms with Crippen molar-refractivity contribution in [2.45, 2.75) is 13.5 Å². The molecule has 0 unspecified atom stereocenters. The molecule has 0 aliphatic rings. The van der Waals surface area contributed by atoms with E-state index < -0.39 is 0 Å². The van der Waals surface area contributed by atoms with Crippen molar-refractivity contribution in [2.75, 3.05) is 5.32 Å². The summed E-state index contributed by atoms with van der Waals surface area (Å²) in [5.41, 5.74) is 2.41. The Balaban J connectivity index is 1.43. The van der Waals surface area contributed by atoms with Gasteiger partial charge in [-0.1, -0.05) is 30.3 Å². The van der Waals surface area contributed by atoms with Crippen LogP contribution in [0.3, 0.4) is 0 Å². The predicted octanol–water partition coefficient (Wildman–Crippen LogP) is 5.36. The van der Waals surface area contributed by atoms with Gasteiger partial charge in [0.2, 0.25) is 0 Å². The van der Waals surface area contributed by atoms with Gasteiger partial charge in [-0.15, -0.1) is 22.7 Å². The molecule has 0 bridgehead atoms. The largest absolute Gasteiger partial charge is 0.347 e. The summed E-state index contributed by atoms with van der Waals surface area (Å²) in [6.45, 7) is 2.39. The van der Waals surface area contributed by atoms with Crippen molar-refractivity contribution in [2.24, 2.45) is 0 Å². The first-order valence-electron chi connectivity index (χ1n) is 9.35. The summed E-state index contributed by atoms with van der Waals surface area (Å²) in [5, 5.41) is 8.84. The first-order chi connectivity index (χ1) is 14.6. The minimum absolute atomic E-state index is 0.238. The van der Waals surface area contributed by atoms with Crippen molar-refractivity contribution in [3.05, 3.63) is 93.1 Å². The number of nitrogens with one attached hydrogen (secondary N) is 2. The van der Waals surface area contributed by atoms with Crippen LogP contribution in [0.2, 0.25) is 0 Å². The van der Waals surface area contributed by atoms with Crippen LogP contribution in [0.15, 0.2) is 72.1 Å². The normalized spacial score (nSPS) is 10.6. The molecule has 0 atom stereocenters. The predicted molar refractivity (Wildman–Crippen MR) is 122 cm³/mol. The lowest BCUT2D eigenvalue weighted by Gasteiger charge is -2.11. The van der Waals surface area contributed by atoms with Crippen LogP contribution in [-0.2, 0) is 6.54 Å². The molecule has 2 aromatic heterocycles. The summed E-state index contributed by atoms with van der Waals surface area (Å²) in [6, 6.07) is 19.9. The first-order valence-corrected chi connectivity index (χ1v) is 11.0. The smallest absolute Gasteiger partial charge is 0.255 e. The van der Waals surface area contributed by atoms with Crippen molar-refractivity contribution in [3.63, 3.8) is 0 Å². The van der Waals surface area contributed by atoms with E-state index in [9.17, 15) is 9.59 Å². The van der Waals surface area contributed by atoms with Gasteiger partial charge < -0.3 is 10.6 Å². The van der Waals surface area contributed by atoms with Crippen LogP contribution in [0.5, 0.6) is 0 Å². The standard InChI is InChI=1S/C23H19N3O2S2/c1-15-25-20(14-29-15)21-12-11-17(30-21)13-24-23(28)18-9-5-6-10-19(18)26-22(27)16-7-3-2-4-8-16/h2-12,14H,13H2,1H3,(H,24,28)(H,26,27). The lowest BCUT2D eigenvalue weighted by atomic mass is 10.1. The molecule has 2 N–H and O–H groups in total. The molecule has 4 rings (SSSR count). The Morgan fingerprint density at radius 3 is 2.47 bits per heavy atom. The number of hydrogen-bond donors (Lipinski definition) is 2. The zero-order chi connectivity index (χ0) is 20.9. The zero-order valence-corrected chi connectivity index (χ0v) is 17.8. The number of rotatable bonds is 6. The SMILES string of the molecule is Cc1nc(-c2ccc(CNC(=O)c3ccccc3NC(=O)c3ccccc3)s2)cs1. The molecule has 150 valence electrons. The van der Waals surface area contributed by atoms with Gasteiger partial charge in [-0.3, -0.25) is 9.59 Å². The molecule has 0 aliphatic heterocycles. The van der Waals surface area contributed by atoms with E-state index in [4.69, 9.17) is 0 Å². The number of amides is 2. The molecule has 0 saturated carbocycles. The minimum Gasteiger partial charge on any atom is -0.347 e. The van der Waals surface area contributed by atoms with Gasteiger partial charge in [0.25, 0.3) is 11.8 Å². The molecule has 0 saturated heterocycles. The fraction of sp³-hybridized carbons (Fsp3) is 0.0870. The molecule has 0 spiro atoms. The van der Waals surface area contributed by atoms with E-state index in [1.807, 2.05) is 30.5 Å². The van der Waals surface area contributed by atoms with E-state index in [1.54, 1.807) is 71.2 Å². The Morgan fingerprint density at radius 2 is 1.70 bits per heavy atom. The third kappa shape index (κ3) is 4.64. The Bertz CT molecular complexity index is 1180. The summed E-state index contributed by atoms with van der Waals surface area (Å²) in [6.07, 6.45) is 0. The Hall–Kier alpha value is -3.29. The van der Waals surface area contributed by atoms with Crippen LogP contribution in [0.1, 0.15) is 30.6 Å². The fourth-order valence-electron chi connectivity index (χ4n) is 2.92. The molecular formula is C23H19N3O2S2. The molecule has 2 heterocycles. The van der Waals surface area contributed by atoms with E-state index >= 15 is 0 Å². The van der Waals surface area contributed by atoms with E-state index in [-0.39, 0.29) is 11.8 Å². The van der Waals surface area contributed by atoms with E-state index in [0.717, 1.165) is 20.5 Å². The average molecular weight is 434 g/mol. The maximum atomic E-state index is 12.8. The second kappa shape index (κ2) is 9.02. The Labute approximate surface area is 182 Å². The molecule has 2 aromatic carbocycles. The van der Waals surface area contributed by atoms with Crippen LogP contribution >= 0.6 is 22.7 Å². The van der Waals surface area contributed by atoms with E-state index in [1.165, 1.54) is 0 Å². The van der Waals surface area contributed by atoms with Crippen molar-refractivity contribution in [1.29, 1.82) is 0 Å². The van der Waals surface area contributed by atoms with Crippen LogP contribution in [-0.4, -0.2) is 16.8 Å². The fourth-order valence-corrected chi connectivity index (χ4v) is 4.52. The second-order valence-electron chi connectivity index (χ2n) is 6.57. The molecule has 7 heteroatoms. The number of benzene rings is 2. The van der Waals surface area contributed by atoms with Gasteiger partial charge in [-0.25, -0.2) is 4.98 Å². The highest BCUT2D eigenvalue weighted by atomic mass is 32.1. The van der Waals surface area contributed by atoms with Crippen LogP contribution in [0.25, 0.3) is 10.6 Å². The molecule has 4 aromatic rings. The summed E-state index contributed by atoms with van der Waals surface area (Å²) in [5.74, 6) is -0.490. The number of carbonyl (C=O) groups is 2. The molecule has 30 heavy (non-hydrogen) atoms. The van der Waals surface area contributed by atoms with Crippen LogP contribution in [0, 0.1) is 6.92 Å². The van der Waals surface area contributed by atoms with E-state index in [0.29, 0.717) is 23.4 Å². The molecule has 0 aliphatic carbocycles. The summed E-state index contributed by atoms with van der Waals surface area (Å²) < 4.78 is 0. The minimum atomic E-state index is -0.252. The maximum absolute atomic E-state index is 12.8. The van der Waals surface area contributed by atoms with Crippen LogP contribution in [0.4, 0.5) is 5.69 Å². The molecule has 0 fully saturated rings. The third-order valence-corrected chi connectivity index (χ3v) is 6.29. The van der Waals surface area contributed by atoms with Crippen molar-refractivity contribution >= 4 is 40.2 Å². The molecule has 5 nitrogen and oxygen atoms in total. The van der Waals surface area contributed by atoms with Crippen LogP contribution < -0.4 is 10.6 Å². The van der Waals surface area contributed by atoms with Gasteiger partial charge in [-0.2, -0.15) is 0 Å². The van der Waals surface area contributed by atoms with Gasteiger partial charge >= 0.3 is 0 Å². The number of hydrogen-bond acceptors (Lipinski definition) is 5. The zero-order valence-electron chi connectivity index (χ0n) is 16.2. The third-order valence-electron chi connectivity index (χ3n) is 4.41. The number of aromatic nitrogens is 1. The van der Waals surface area contributed by atoms with Crippen molar-refractivity contribution in [1.82, 2.24) is 10.3 Å². The Kier molecular flexibility index (Phi) is 6.02. The van der Waals surface area contributed by atoms with E-state index in [2.05, 4.69) is 15.6 Å². The summed E-state index contributed by atoms with van der Waals surface area (Å²) in [7, 11) is 0. The Morgan fingerprint density at radius 1 is 0.933 bits per heavy atom. The number of anilines is 1. The number of thiophene rings is 1. The lowest BCUT2D eigenvalue weighted by Crippen LogP contribution is -2.24. The highest BCUT2D eigenvalue weighted by Gasteiger charge is 2.14. The average Bonchev–Trinajstić information content (AvgIpc) is 3.42. The molecule has 2 amide bonds. The van der Waals surface area contributed by atoms with Crippen molar-refractivity contribution < 1.29 is 9.59 Å². The molecule has 0 radical (unpaired) electrons. The van der Waals surface area contributed by atoms with Gasteiger partial charge in [0, 0.05) is 15.8 Å². The quantitative estimate of drug-likeness (QED) is 0.430. The maximum Gasteiger partial charge on any atom is 0.255 e. The highest BCUT2D eigenvalue weighted by molar-refractivity contribution is 7.16. The summed E-state index contributed by atoms with van der Waals surface area (Å²) >= 11 is 3.23. The topological polar surface area (TPSA) is 71.1 Å². The van der Waals surface area contributed by atoms with Gasteiger partial charge in [0.1, 0.15) is 0 Å². The number of aryl methyl sites for hydroxylation is 1.